The van der Waals surface area contributed by atoms with Gasteiger partial charge in [0.2, 0.25) is 0 Å². The number of rotatable bonds is 5. The number of benzene rings is 1. The fraction of sp³-hybridized carbons (Fsp3) is 0.333. The Labute approximate surface area is 129 Å². The van der Waals surface area contributed by atoms with Crippen LogP contribution in [-0.2, 0) is 13.1 Å². The standard InChI is InChI=1S/C15H18ClN3O2/c1-4-19-9-13(16)14(17-19)10-18(2)15(20)11-6-5-7-12(8-11)21-3/h5-9H,4,10H2,1-3H3. The third-order valence-corrected chi connectivity index (χ3v) is 3.48. The van der Waals surface area contributed by atoms with E-state index in [-0.39, 0.29) is 5.91 Å². The second-order valence-electron chi connectivity index (χ2n) is 4.67. The number of ether oxygens (including phenoxy) is 1. The number of amides is 1. The van der Waals surface area contributed by atoms with Crippen LogP contribution in [-0.4, -0.2) is 34.7 Å². The fourth-order valence-corrected chi connectivity index (χ4v) is 2.19. The maximum absolute atomic E-state index is 12.4. The first kappa shape index (κ1) is 15.4. The molecule has 6 heteroatoms. The molecule has 1 aromatic carbocycles. The molecular formula is C15H18ClN3O2. The van der Waals surface area contributed by atoms with E-state index in [1.807, 2.05) is 6.92 Å². The van der Waals surface area contributed by atoms with Crippen molar-refractivity contribution in [2.75, 3.05) is 14.2 Å². The first-order chi connectivity index (χ1) is 10.0. The predicted molar refractivity (Wildman–Crippen MR) is 81.7 cm³/mol. The van der Waals surface area contributed by atoms with E-state index in [0.29, 0.717) is 28.6 Å². The highest BCUT2D eigenvalue weighted by molar-refractivity contribution is 6.31. The Morgan fingerprint density at radius 2 is 2.24 bits per heavy atom. The highest BCUT2D eigenvalue weighted by Crippen LogP contribution is 2.18. The molecule has 112 valence electrons. The average molecular weight is 308 g/mol. The number of hydrogen-bond donors (Lipinski definition) is 0. The Morgan fingerprint density at radius 1 is 1.48 bits per heavy atom. The topological polar surface area (TPSA) is 47.4 Å². The smallest absolute Gasteiger partial charge is 0.254 e. The first-order valence-corrected chi connectivity index (χ1v) is 7.04. The molecule has 0 aliphatic rings. The molecule has 5 nitrogen and oxygen atoms in total. The van der Waals surface area contributed by atoms with Gasteiger partial charge in [-0.3, -0.25) is 9.48 Å². The van der Waals surface area contributed by atoms with Crippen molar-refractivity contribution < 1.29 is 9.53 Å². The molecule has 0 N–H and O–H groups in total. The van der Waals surface area contributed by atoms with Gasteiger partial charge in [-0.1, -0.05) is 17.7 Å². The highest BCUT2D eigenvalue weighted by atomic mass is 35.5. The lowest BCUT2D eigenvalue weighted by Gasteiger charge is -2.16. The maximum Gasteiger partial charge on any atom is 0.254 e. The van der Waals surface area contributed by atoms with Crippen LogP contribution in [0.2, 0.25) is 5.02 Å². The van der Waals surface area contributed by atoms with Gasteiger partial charge in [0.05, 0.1) is 18.7 Å². The number of carbonyl (C=O) groups is 1. The van der Waals surface area contributed by atoms with Crippen LogP contribution < -0.4 is 4.74 Å². The summed E-state index contributed by atoms with van der Waals surface area (Å²) in [5, 5.41) is 4.92. The summed E-state index contributed by atoms with van der Waals surface area (Å²) in [5.41, 5.74) is 1.26. The molecule has 0 aliphatic heterocycles. The van der Waals surface area contributed by atoms with Gasteiger partial charge in [0.15, 0.2) is 0 Å². The number of nitrogens with zero attached hydrogens (tertiary/aromatic N) is 3. The number of aromatic nitrogens is 2. The van der Waals surface area contributed by atoms with Crippen LogP contribution in [0, 0.1) is 0 Å². The van der Waals surface area contributed by atoms with Crippen LogP contribution in [0.4, 0.5) is 0 Å². The molecule has 1 aromatic heterocycles. The molecule has 0 saturated heterocycles. The third-order valence-electron chi connectivity index (χ3n) is 3.16. The molecule has 0 saturated carbocycles. The lowest BCUT2D eigenvalue weighted by Crippen LogP contribution is -2.26. The molecule has 0 spiro atoms. The van der Waals surface area contributed by atoms with Crippen LogP contribution >= 0.6 is 11.6 Å². The molecule has 2 aromatic rings. The highest BCUT2D eigenvalue weighted by Gasteiger charge is 2.16. The maximum atomic E-state index is 12.4. The van der Waals surface area contributed by atoms with E-state index in [1.54, 1.807) is 54.2 Å². The number of methoxy groups -OCH3 is 1. The molecule has 0 atom stereocenters. The lowest BCUT2D eigenvalue weighted by atomic mass is 10.2. The molecule has 0 aliphatic carbocycles. The van der Waals surface area contributed by atoms with Gasteiger partial charge >= 0.3 is 0 Å². The van der Waals surface area contributed by atoms with Gasteiger partial charge in [0.25, 0.3) is 5.91 Å². The van der Waals surface area contributed by atoms with Gasteiger partial charge in [-0.15, -0.1) is 0 Å². The van der Waals surface area contributed by atoms with E-state index in [9.17, 15) is 4.79 Å². The zero-order chi connectivity index (χ0) is 15.4. The van der Waals surface area contributed by atoms with E-state index in [2.05, 4.69) is 5.10 Å². The minimum Gasteiger partial charge on any atom is -0.497 e. The van der Waals surface area contributed by atoms with Crippen LogP contribution in [0.25, 0.3) is 0 Å². The van der Waals surface area contributed by atoms with E-state index in [0.717, 1.165) is 6.54 Å². The van der Waals surface area contributed by atoms with E-state index in [1.165, 1.54) is 0 Å². The van der Waals surface area contributed by atoms with Gasteiger partial charge in [-0.05, 0) is 25.1 Å². The molecule has 1 heterocycles. The first-order valence-electron chi connectivity index (χ1n) is 6.66. The van der Waals surface area contributed by atoms with E-state index >= 15 is 0 Å². The molecule has 1 amide bonds. The summed E-state index contributed by atoms with van der Waals surface area (Å²) in [6, 6.07) is 7.06. The van der Waals surface area contributed by atoms with Crippen LogP contribution in [0.1, 0.15) is 23.0 Å². The van der Waals surface area contributed by atoms with Gasteiger partial charge < -0.3 is 9.64 Å². The normalized spacial score (nSPS) is 10.5. The molecule has 21 heavy (non-hydrogen) atoms. The number of carbonyl (C=O) groups excluding carboxylic acids is 1. The van der Waals surface area contributed by atoms with Crippen LogP contribution in [0.5, 0.6) is 5.75 Å². The molecular weight excluding hydrogens is 290 g/mol. The van der Waals surface area contributed by atoms with Crippen molar-refractivity contribution in [2.45, 2.75) is 20.0 Å². The minimum absolute atomic E-state index is 0.101. The van der Waals surface area contributed by atoms with Crippen molar-refractivity contribution in [3.8, 4) is 5.75 Å². The molecule has 2 rings (SSSR count). The molecule has 0 radical (unpaired) electrons. The number of aryl methyl sites for hydroxylation is 1. The minimum atomic E-state index is -0.101. The van der Waals surface area contributed by atoms with Crippen LogP contribution in [0.3, 0.4) is 0 Å². The van der Waals surface area contributed by atoms with Gasteiger partial charge in [-0.25, -0.2) is 0 Å². The third kappa shape index (κ3) is 3.55. The van der Waals surface area contributed by atoms with Crippen molar-refractivity contribution in [3.05, 3.63) is 46.7 Å². The average Bonchev–Trinajstić information content (AvgIpc) is 2.86. The number of halogens is 1. The largest absolute Gasteiger partial charge is 0.497 e. The molecule has 0 bridgehead atoms. The Balaban J connectivity index is 2.13. The summed E-state index contributed by atoms with van der Waals surface area (Å²) in [6.07, 6.45) is 1.76. The van der Waals surface area contributed by atoms with Crippen molar-refractivity contribution >= 4 is 17.5 Å². The SMILES string of the molecule is CCn1cc(Cl)c(CN(C)C(=O)c2cccc(OC)c2)n1. The van der Waals surface area contributed by atoms with Crippen molar-refractivity contribution in [1.29, 1.82) is 0 Å². The van der Waals surface area contributed by atoms with Gasteiger partial charge in [-0.2, -0.15) is 5.10 Å². The van der Waals surface area contributed by atoms with Crippen molar-refractivity contribution in [1.82, 2.24) is 14.7 Å². The summed E-state index contributed by atoms with van der Waals surface area (Å²) in [4.78, 5) is 14.0. The Hall–Kier alpha value is -2.01. The number of hydrogen-bond acceptors (Lipinski definition) is 3. The Morgan fingerprint density at radius 3 is 2.86 bits per heavy atom. The Kier molecular flexibility index (Phi) is 4.85. The van der Waals surface area contributed by atoms with E-state index in [4.69, 9.17) is 16.3 Å². The lowest BCUT2D eigenvalue weighted by molar-refractivity contribution is 0.0783. The van der Waals surface area contributed by atoms with Gasteiger partial charge in [0.1, 0.15) is 11.4 Å². The van der Waals surface area contributed by atoms with Gasteiger partial charge in [0, 0.05) is 25.4 Å². The predicted octanol–water partition coefficient (Wildman–Crippen LogP) is 2.84. The summed E-state index contributed by atoms with van der Waals surface area (Å²) < 4.78 is 6.88. The zero-order valence-corrected chi connectivity index (χ0v) is 13.1. The Bertz CT molecular complexity index is 640. The van der Waals surface area contributed by atoms with Crippen molar-refractivity contribution in [3.63, 3.8) is 0 Å². The zero-order valence-electron chi connectivity index (χ0n) is 12.3. The molecule has 0 fully saturated rings. The summed E-state index contributed by atoms with van der Waals surface area (Å²) in [7, 11) is 3.30. The van der Waals surface area contributed by atoms with Crippen LogP contribution in [0.15, 0.2) is 30.5 Å². The summed E-state index contributed by atoms with van der Waals surface area (Å²) in [6.45, 7) is 3.09. The summed E-state index contributed by atoms with van der Waals surface area (Å²) in [5.74, 6) is 0.554. The quantitative estimate of drug-likeness (QED) is 0.853. The fourth-order valence-electron chi connectivity index (χ4n) is 1.98. The summed E-state index contributed by atoms with van der Waals surface area (Å²) >= 11 is 6.12. The van der Waals surface area contributed by atoms with Crippen molar-refractivity contribution in [2.24, 2.45) is 0 Å². The second-order valence-corrected chi connectivity index (χ2v) is 5.08. The monoisotopic (exact) mass is 307 g/mol. The molecule has 0 unspecified atom stereocenters. The second kappa shape index (κ2) is 6.63. The van der Waals surface area contributed by atoms with E-state index < -0.39 is 0 Å².